The topological polar surface area (TPSA) is 105 Å². The molecular weight excluding hydrogens is 234 g/mol. The molecule has 6 nitrogen and oxygen atoms in total. The number of nitrogens with one attached hydrogen (secondary N) is 1. The molecule has 4 N–H and O–H groups in total. The maximum Gasteiger partial charge on any atom is 0.328 e. The van der Waals surface area contributed by atoms with E-state index in [0.29, 0.717) is 6.42 Å². The van der Waals surface area contributed by atoms with Crippen molar-refractivity contribution in [1.82, 2.24) is 10.3 Å². The van der Waals surface area contributed by atoms with Gasteiger partial charge < -0.3 is 16.2 Å². The van der Waals surface area contributed by atoms with E-state index in [0.717, 1.165) is 5.56 Å². The third kappa shape index (κ3) is 3.81. The normalized spacial score (nSPS) is 12.8. The van der Waals surface area contributed by atoms with Crippen LogP contribution in [0.1, 0.15) is 19.4 Å². The molecule has 1 aromatic rings. The lowest BCUT2D eigenvalue weighted by atomic mass is 10.0. The first-order chi connectivity index (χ1) is 8.33. The van der Waals surface area contributed by atoms with E-state index < -0.39 is 23.5 Å². The van der Waals surface area contributed by atoms with E-state index in [9.17, 15) is 9.59 Å². The van der Waals surface area contributed by atoms with E-state index in [1.54, 1.807) is 24.5 Å². The van der Waals surface area contributed by atoms with Crippen LogP contribution >= 0.6 is 0 Å². The van der Waals surface area contributed by atoms with Crippen molar-refractivity contribution in [2.45, 2.75) is 31.8 Å². The second kappa shape index (κ2) is 5.59. The summed E-state index contributed by atoms with van der Waals surface area (Å²) in [6.45, 7) is 2.82. The smallest absolute Gasteiger partial charge is 0.328 e. The Morgan fingerprint density at radius 1 is 1.44 bits per heavy atom. The molecule has 1 heterocycles. The number of hydrogen-bond acceptors (Lipinski definition) is 4. The van der Waals surface area contributed by atoms with Crippen LogP contribution in [-0.4, -0.2) is 33.5 Å². The van der Waals surface area contributed by atoms with Crippen molar-refractivity contribution >= 4 is 11.9 Å². The minimum absolute atomic E-state index is 0.337. The van der Waals surface area contributed by atoms with Crippen molar-refractivity contribution in [2.24, 2.45) is 5.73 Å². The summed E-state index contributed by atoms with van der Waals surface area (Å²) < 4.78 is 0. The predicted molar refractivity (Wildman–Crippen MR) is 65.8 cm³/mol. The van der Waals surface area contributed by atoms with Crippen molar-refractivity contribution < 1.29 is 14.7 Å². The van der Waals surface area contributed by atoms with E-state index in [1.165, 1.54) is 13.8 Å². The van der Waals surface area contributed by atoms with Crippen molar-refractivity contribution in [1.29, 1.82) is 0 Å². The van der Waals surface area contributed by atoms with E-state index in [2.05, 4.69) is 10.3 Å². The van der Waals surface area contributed by atoms with Crippen LogP contribution in [0.2, 0.25) is 0 Å². The van der Waals surface area contributed by atoms with Crippen LogP contribution in [0.15, 0.2) is 24.5 Å². The largest absolute Gasteiger partial charge is 0.480 e. The Kier molecular flexibility index (Phi) is 4.38. The number of hydrogen-bond donors (Lipinski definition) is 3. The molecule has 0 aromatic carbocycles. The first-order valence-corrected chi connectivity index (χ1v) is 5.53. The molecule has 0 saturated carbocycles. The molecule has 1 amide bonds. The third-order valence-electron chi connectivity index (χ3n) is 2.51. The molecule has 0 aliphatic heterocycles. The van der Waals surface area contributed by atoms with Crippen LogP contribution in [0.5, 0.6) is 0 Å². The summed E-state index contributed by atoms with van der Waals surface area (Å²) in [5.74, 6) is -1.59. The van der Waals surface area contributed by atoms with E-state index in [-0.39, 0.29) is 0 Å². The molecule has 0 aliphatic carbocycles. The zero-order valence-electron chi connectivity index (χ0n) is 10.4. The number of rotatable bonds is 5. The van der Waals surface area contributed by atoms with E-state index in [1.807, 2.05) is 0 Å². The molecular formula is C12H17N3O3. The Balaban J connectivity index is 2.60. The van der Waals surface area contributed by atoms with Gasteiger partial charge in [0.05, 0.1) is 6.04 Å². The van der Waals surface area contributed by atoms with Gasteiger partial charge in [-0.05, 0) is 38.0 Å². The number of amides is 1. The van der Waals surface area contributed by atoms with Crippen LogP contribution in [-0.2, 0) is 16.0 Å². The summed E-state index contributed by atoms with van der Waals surface area (Å²) >= 11 is 0. The average molecular weight is 251 g/mol. The number of carboxylic acids is 1. The number of aromatic nitrogens is 1. The molecule has 0 fully saturated rings. The van der Waals surface area contributed by atoms with Crippen molar-refractivity contribution in [3.63, 3.8) is 0 Å². The van der Waals surface area contributed by atoms with Crippen LogP contribution in [0.25, 0.3) is 0 Å². The second-order valence-corrected chi connectivity index (χ2v) is 4.59. The SMILES string of the molecule is CC(C)(NC(=O)[C@@H](N)Cc1ccncc1)C(=O)O. The lowest BCUT2D eigenvalue weighted by molar-refractivity contribution is -0.146. The van der Waals surface area contributed by atoms with Gasteiger partial charge in [0.25, 0.3) is 0 Å². The lowest BCUT2D eigenvalue weighted by Crippen LogP contribution is -2.55. The molecule has 0 radical (unpaired) electrons. The number of carbonyl (C=O) groups is 2. The number of pyridine rings is 1. The lowest BCUT2D eigenvalue weighted by Gasteiger charge is -2.23. The van der Waals surface area contributed by atoms with Crippen LogP contribution < -0.4 is 11.1 Å². The van der Waals surface area contributed by atoms with E-state index >= 15 is 0 Å². The van der Waals surface area contributed by atoms with Gasteiger partial charge in [-0.1, -0.05) is 0 Å². The Hall–Kier alpha value is -1.95. The second-order valence-electron chi connectivity index (χ2n) is 4.59. The quantitative estimate of drug-likeness (QED) is 0.679. The maximum absolute atomic E-state index is 11.8. The van der Waals surface area contributed by atoms with Gasteiger partial charge in [-0.3, -0.25) is 9.78 Å². The molecule has 1 atom stereocenters. The van der Waals surface area contributed by atoms with Gasteiger partial charge >= 0.3 is 5.97 Å². The van der Waals surface area contributed by atoms with Crippen molar-refractivity contribution in [2.75, 3.05) is 0 Å². The molecule has 0 spiro atoms. The first kappa shape index (κ1) is 14.1. The van der Waals surface area contributed by atoms with E-state index in [4.69, 9.17) is 10.8 Å². The number of nitrogens with zero attached hydrogens (tertiary/aromatic N) is 1. The van der Waals surface area contributed by atoms with Gasteiger partial charge in [0, 0.05) is 12.4 Å². The van der Waals surface area contributed by atoms with Gasteiger partial charge in [0.15, 0.2) is 0 Å². The molecule has 98 valence electrons. The van der Waals surface area contributed by atoms with Gasteiger partial charge in [0.2, 0.25) is 5.91 Å². The molecule has 0 bridgehead atoms. The summed E-state index contributed by atoms with van der Waals surface area (Å²) in [6.07, 6.45) is 3.56. The fourth-order valence-corrected chi connectivity index (χ4v) is 1.32. The Bertz CT molecular complexity index is 431. The summed E-state index contributed by atoms with van der Waals surface area (Å²) in [5, 5.41) is 11.3. The monoisotopic (exact) mass is 251 g/mol. The number of aliphatic carboxylic acids is 1. The number of nitrogens with two attached hydrogens (primary N) is 1. The number of carbonyl (C=O) groups excluding carboxylic acids is 1. The highest BCUT2D eigenvalue weighted by Gasteiger charge is 2.30. The fourth-order valence-electron chi connectivity index (χ4n) is 1.32. The first-order valence-electron chi connectivity index (χ1n) is 5.53. The summed E-state index contributed by atoms with van der Waals surface area (Å²) in [7, 11) is 0. The molecule has 1 rings (SSSR count). The molecule has 1 aromatic heterocycles. The highest BCUT2D eigenvalue weighted by atomic mass is 16.4. The van der Waals surface area contributed by atoms with Gasteiger partial charge in [-0.2, -0.15) is 0 Å². The predicted octanol–water partition coefficient (Wildman–Crippen LogP) is -0.0692. The van der Waals surface area contributed by atoms with Crippen LogP contribution in [0.3, 0.4) is 0 Å². The molecule has 0 unspecified atom stereocenters. The van der Waals surface area contributed by atoms with Crippen LogP contribution in [0, 0.1) is 0 Å². The fraction of sp³-hybridized carbons (Fsp3) is 0.417. The molecule has 0 aliphatic rings. The minimum atomic E-state index is -1.33. The summed E-state index contributed by atoms with van der Waals surface area (Å²) in [6, 6.07) is 2.73. The highest BCUT2D eigenvalue weighted by molar-refractivity contribution is 5.89. The van der Waals surface area contributed by atoms with Gasteiger partial charge in [0.1, 0.15) is 5.54 Å². The summed E-state index contributed by atoms with van der Waals surface area (Å²) in [5.41, 5.74) is 5.28. The standard InChI is InChI=1S/C12H17N3O3/c1-12(2,11(17)18)15-10(16)9(13)7-8-3-5-14-6-4-8/h3-6,9H,7,13H2,1-2H3,(H,15,16)(H,17,18)/t9-/m0/s1. The van der Waals surface area contributed by atoms with Gasteiger partial charge in [-0.25, -0.2) is 4.79 Å². The Morgan fingerprint density at radius 2 is 2.00 bits per heavy atom. The maximum atomic E-state index is 11.8. The minimum Gasteiger partial charge on any atom is -0.480 e. The van der Waals surface area contributed by atoms with Crippen molar-refractivity contribution in [3.05, 3.63) is 30.1 Å². The third-order valence-corrected chi connectivity index (χ3v) is 2.51. The van der Waals surface area contributed by atoms with Gasteiger partial charge in [-0.15, -0.1) is 0 Å². The van der Waals surface area contributed by atoms with Crippen LogP contribution in [0.4, 0.5) is 0 Å². The molecule has 6 heteroatoms. The molecule has 0 saturated heterocycles. The highest BCUT2D eigenvalue weighted by Crippen LogP contribution is 2.05. The zero-order chi connectivity index (χ0) is 13.8. The molecule has 18 heavy (non-hydrogen) atoms. The Morgan fingerprint density at radius 3 is 2.50 bits per heavy atom. The average Bonchev–Trinajstić information content (AvgIpc) is 2.29. The zero-order valence-corrected chi connectivity index (χ0v) is 10.4. The van der Waals surface area contributed by atoms with Crippen molar-refractivity contribution in [3.8, 4) is 0 Å². The number of carboxylic acid groups (broad SMARTS) is 1. The Labute approximate surface area is 105 Å². The summed E-state index contributed by atoms with van der Waals surface area (Å²) in [4.78, 5) is 26.5.